The van der Waals surface area contributed by atoms with E-state index in [1.165, 1.54) is 6.07 Å². The molecule has 4 rings (SSSR count). The van der Waals surface area contributed by atoms with Gasteiger partial charge in [0.15, 0.2) is 0 Å². The molecule has 7 nitrogen and oxygen atoms in total. The molecule has 1 N–H and O–H groups in total. The van der Waals surface area contributed by atoms with E-state index in [0.717, 1.165) is 15.1 Å². The third-order valence-electron chi connectivity index (χ3n) is 4.59. The molecule has 0 spiro atoms. The Morgan fingerprint density at radius 3 is 2.36 bits per heavy atom. The number of halogens is 1. The first kappa shape index (κ1) is 18.1. The van der Waals surface area contributed by atoms with E-state index in [4.69, 9.17) is 0 Å². The molecule has 0 saturated heterocycles. The summed E-state index contributed by atoms with van der Waals surface area (Å²) in [6.07, 6.45) is 1.66. The van der Waals surface area contributed by atoms with Crippen LogP contribution in [0.3, 0.4) is 0 Å². The van der Waals surface area contributed by atoms with Crippen LogP contribution in [0.4, 0.5) is 5.69 Å². The molecule has 0 fully saturated rings. The van der Waals surface area contributed by atoms with Gasteiger partial charge in [0.2, 0.25) is 0 Å². The molecule has 28 heavy (non-hydrogen) atoms. The van der Waals surface area contributed by atoms with Crippen LogP contribution in [-0.4, -0.2) is 27.5 Å². The summed E-state index contributed by atoms with van der Waals surface area (Å²) in [5.41, 5.74) is 2.27. The lowest BCUT2D eigenvalue weighted by Crippen LogP contribution is -2.30. The van der Waals surface area contributed by atoms with E-state index < -0.39 is 11.8 Å². The molecule has 0 atom stereocenters. The van der Waals surface area contributed by atoms with Gasteiger partial charge in [-0.05, 0) is 46.3 Å². The van der Waals surface area contributed by atoms with E-state index >= 15 is 0 Å². The highest BCUT2D eigenvalue weighted by atomic mass is 79.9. The highest BCUT2D eigenvalue weighted by Crippen LogP contribution is 2.28. The van der Waals surface area contributed by atoms with Crippen LogP contribution in [0.1, 0.15) is 36.8 Å². The lowest BCUT2D eigenvalue weighted by molar-refractivity contribution is 0.0919. The van der Waals surface area contributed by atoms with Gasteiger partial charge in [0.05, 0.1) is 39.7 Å². The molecule has 2 aromatic carbocycles. The number of aryl methyl sites for hydroxylation is 1. The van der Waals surface area contributed by atoms with Crippen LogP contribution < -0.4 is 10.2 Å². The Hall–Kier alpha value is -3.26. The summed E-state index contributed by atoms with van der Waals surface area (Å²) in [6, 6.07) is 13.1. The largest absolute Gasteiger partial charge is 0.346 e. The first-order chi connectivity index (χ1) is 13.5. The Balaban J connectivity index is 1.56. The van der Waals surface area contributed by atoms with E-state index in [1.807, 2.05) is 0 Å². The lowest BCUT2D eigenvalue weighted by atomic mass is 10.1. The number of nitrogens with zero attached hydrogens (tertiary/aromatic N) is 3. The summed E-state index contributed by atoms with van der Waals surface area (Å²) in [4.78, 5) is 38.9. The van der Waals surface area contributed by atoms with Gasteiger partial charge in [0.25, 0.3) is 17.7 Å². The molecule has 2 heterocycles. The molecule has 3 aromatic rings. The minimum absolute atomic E-state index is 0.285. The fourth-order valence-electron chi connectivity index (χ4n) is 3.11. The predicted molar refractivity (Wildman–Crippen MR) is 106 cm³/mol. The molecule has 0 aliphatic carbocycles. The van der Waals surface area contributed by atoms with Gasteiger partial charge >= 0.3 is 0 Å². The second-order valence-electron chi connectivity index (χ2n) is 6.29. The van der Waals surface area contributed by atoms with Crippen LogP contribution >= 0.6 is 15.9 Å². The molecule has 1 aromatic heterocycles. The fraction of sp³-hybridized carbons (Fsp3) is 0.100. The van der Waals surface area contributed by atoms with Crippen molar-refractivity contribution < 1.29 is 14.4 Å². The summed E-state index contributed by atoms with van der Waals surface area (Å²) in [5, 5.41) is 6.93. The number of hydrogen-bond donors (Lipinski definition) is 1. The van der Waals surface area contributed by atoms with E-state index in [0.29, 0.717) is 22.4 Å². The Morgan fingerprint density at radius 2 is 1.75 bits per heavy atom. The Labute approximate surface area is 169 Å². The van der Waals surface area contributed by atoms with Crippen molar-refractivity contribution >= 4 is 39.3 Å². The maximum absolute atomic E-state index is 12.6. The molecular weight excluding hydrogens is 424 g/mol. The average Bonchev–Trinajstić information content (AvgIpc) is 3.16. The van der Waals surface area contributed by atoms with Crippen molar-refractivity contribution in [2.24, 2.45) is 7.05 Å². The molecule has 1 aliphatic rings. The molecule has 140 valence electrons. The SMILES string of the molecule is Cn1ncc(Br)c1CNC(=O)c1cccc(N2C(=O)c3ccccc3C2=O)c1. The molecule has 0 radical (unpaired) electrons. The number of anilines is 1. The second kappa shape index (κ2) is 7.05. The van der Waals surface area contributed by atoms with Crippen LogP contribution in [0.5, 0.6) is 0 Å². The molecule has 3 amide bonds. The number of benzene rings is 2. The fourth-order valence-corrected chi connectivity index (χ4v) is 3.60. The number of hydrogen-bond acceptors (Lipinski definition) is 4. The second-order valence-corrected chi connectivity index (χ2v) is 7.14. The van der Waals surface area contributed by atoms with Gasteiger partial charge in [-0.3, -0.25) is 19.1 Å². The van der Waals surface area contributed by atoms with Gasteiger partial charge in [0.1, 0.15) is 0 Å². The summed E-state index contributed by atoms with van der Waals surface area (Å²) in [7, 11) is 1.79. The summed E-state index contributed by atoms with van der Waals surface area (Å²) >= 11 is 3.39. The number of imide groups is 1. The maximum atomic E-state index is 12.6. The molecule has 1 aliphatic heterocycles. The molecule has 0 unspecified atom stereocenters. The van der Waals surface area contributed by atoms with Crippen molar-refractivity contribution in [2.45, 2.75) is 6.54 Å². The first-order valence-corrected chi connectivity index (χ1v) is 9.29. The zero-order valence-corrected chi connectivity index (χ0v) is 16.4. The van der Waals surface area contributed by atoms with Crippen molar-refractivity contribution in [2.75, 3.05) is 4.90 Å². The standard InChI is InChI=1S/C20H15BrN4O3/c1-24-17(16(21)10-23-24)11-22-18(26)12-5-4-6-13(9-12)25-19(27)14-7-2-3-8-15(14)20(25)28/h2-10H,11H2,1H3,(H,22,26). The molecular formula is C20H15BrN4O3. The Kier molecular flexibility index (Phi) is 4.56. The van der Waals surface area contributed by atoms with Gasteiger partial charge < -0.3 is 5.32 Å². The highest BCUT2D eigenvalue weighted by Gasteiger charge is 2.36. The molecule has 0 saturated carbocycles. The first-order valence-electron chi connectivity index (χ1n) is 8.50. The van der Waals surface area contributed by atoms with Gasteiger partial charge in [-0.2, -0.15) is 5.10 Å². The monoisotopic (exact) mass is 438 g/mol. The van der Waals surface area contributed by atoms with E-state index in [-0.39, 0.29) is 12.5 Å². The van der Waals surface area contributed by atoms with Crippen molar-refractivity contribution in [3.05, 3.63) is 81.6 Å². The number of aromatic nitrogens is 2. The quantitative estimate of drug-likeness (QED) is 0.634. The van der Waals surface area contributed by atoms with Crippen LogP contribution in [-0.2, 0) is 13.6 Å². The van der Waals surface area contributed by atoms with Crippen LogP contribution in [0.25, 0.3) is 0 Å². The molecule has 0 bridgehead atoms. The predicted octanol–water partition coefficient (Wildman–Crippen LogP) is 2.91. The Bertz CT molecular complexity index is 1070. The van der Waals surface area contributed by atoms with Gasteiger partial charge in [0, 0.05) is 12.6 Å². The summed E-state index contributed by atoms with van der Waals surface area (Å²) in [6.45, 7) is 0.285. The molecule has 8 heteroatoms. The number of fused-ring (bicyclic) bond motifs is 1. The minimum atomic E-state index is -0.392. The van der Waals surface area contributed by atoms with Crippen molar-refractivity contribution in [3.8, 4) is 0 Å². The number of nitrogens with one attached hydrogen (secondary N) is 1. The van der Waals surface area contributed by atoms with Crippen LogP contribution in [0.15, 0.2) is 59.2 Å². The van der Waals surface area contributed by atoms with Crippen molar-refractivity contribution in [1.29, 1.82) is 0 Å². The number of carbonyl (C=O) groups is 3. The third kappa shape index (κ3) is 3.01. The van der Waals surface area contributed by atoms with E-state index in [1.54, 1.807) is 60.4 Å². The summed E-state index contributed by atoms with van der Waals surface area (Å²) in [5.74, 6) is -1.10. The van der Waals surface area contributed by atoms with E-state index in [9.17, 15) is 14.4 Å². The number of rotatable bonds is 4. The van der Waals surface area contributed by atoms with Crippen LogP contribution in [0.2, 0.25) is 0 Å². The maximum Gasteiger partial charge on any atom is 0.266 e. The zero-order chi connectivity index (χ0) is 19.8. The average molecular weight is 439 g/mol. The van der Waals surface area contributed by atoms with Gasteiger partial charge in [-0.1, -0.05) is 18.2 Å². The topological polar surface area (TPSA) is 84.3 Å². The van der Waals surface area contributed by atoms with Gasteiger partial charge in [-0.15, -0.1) is 0 Å². The Morgan fingerprint density at radius 1 is 1.07 bits per heavy atom. The highest BCUT2D eigenvalue weighted by molar-refractivity contribution is 9.10. The van der Waals surface area contributed by atoms with Crippen molar-refractivity contribution in [3.63, 3.8) is 0 Å². The number of carbonyl (C=O) groups excluding carboxylic acids is 3. The van der Waals surface area contributed by atoms with Gasteiger partial charge in [-0.25, -0.2) is 4.90 Å². The summed E-state index contributed by atoms with van der Waals surface area (Å²) < 4.78 is 2.47. The number of amides is 3. The lowest BCUT2D eigenvalue weighted by Gasteiger charge is -2.15. The smallest absolute Gasteiger partial charge is 0.266 e. The zero-order valence-electron chi connectivity index (χ0n) is 14.8. The minimum Gasteiger partial charge on any atom is -0.346 e. The van der Waals surface area contributed by atoms with Crippen LogP contribution in [0, 0.1) is 0 Å². The normalized spacial score (nSPS) is 13.0. The van der Waals surface area contributed by atoms with Crippen molar-refractivity contribution in [1.82, 2.24) is 15.1 Å². The van der Waals surface area contributed by atoms with E-state index in [2.05, 4.69) is 26.3 Å². The third-order valence-corrected chi connectivity index (χ3v) is 5.25.